The molecule has 1 fully saturated rings. The molecule has 0 heterocycles. The number of nitrogens with one attached hydrogen (secondary N) is 1. The smallest absolute Gasteiger partial charge is 0.342 e. The zero-order valence-electron chi connectivity index (χ0n) is 12.4. The molecule has 0 unspecified atom stereocenters. The van der Waals surface area contributed by atoms with Crippen molar-refractivity contribution in [2.75, 3.05) is 0 Å². The number of ether oxygens (including phenoxy) is 1. The molecule has 0 radical (unpaired) electrons. The molecule has 1 aliphatic carbocycles. The molecule has 2 rings (SSSR count). The van der Waals surface area contributed by atoms with E-state index in [0.717, 1.165) is 31.2 Å². The van der Waals surface area contributed by atoms with Crippen molar-refractivity contribution < 1.29 is 19.4 Å². The molecule has 21 heavy (non-hydrogen) atoms. The first-order chi connectivity index (χ1) is 9.97. The van der Waals surface area contributed by atoms with Crippen molar-refractivity contribution >= 4 is 11.9 Å². The molecule has 1 saturated carbocycles. The summed E-state index contributed by atoms with van der Waals surface area (Å²) in [5, 5.41) is 12.6. The minimum Gasteiger partial charge on any atom is -0.507 e. The number of carbonyl (C=O) groups is 2. The molecule has 1 aliphatic rings. The summed E-state index contributed by atoms with van der Waals surface area (Å²) in [4.78, 5) is 23.9. The minimum absolute atomic E-state index is 0.0705. The molecule has 1 aromatic rings. The summed E-state index contributed by atoms with van der Waals surface area (Å²) >= 11 is 0. The largest absolute Gasteiger partial charge is 0.507 e. The Morgan fingerprint density at radius 1 is 1.33 bits per heavy atom. The fourth-order valence-corrected chi connectivity index (χ4v) is 2.48. The number of rotatable bonds is 4. The summed E-state index contributed by atoms with van der Waals surface area (Å²) in [5.41, 5.74) is 0.914. The first-order valence-electron chi connectivity index (χ1n) is 7.28. The zero-order valence-corrected chi connectivity index (χ0v) is 12.4. The summed E-state index contributed by atoms with van der Waals surface area (Å²) in [6.45, 7) is 3.35. The number of hydrogen-bond donors (Lipinski definition) is 2. The Hall–Kier alpha value is -2.04. The Bertz CT molecular complexity index is 535. The second-order valence-corrected chi connectivity index (χ2v) is 5.56. The van der Waals surface area contributed by atoms with Crippen molar-refractivity contribution in [1.82, 2.24) is 5.32 Å². The van der Waals surface area contributed by atoms with E-state index in [4.69, 9.17) is 4.74 Å². The van der Waals surface area contributed by atoms with Crippen LogP contribution in [0.15, 0.2) is 18.2 Å². The highest BCUT2D eigenvalue weighted by Crippen LogP contribution is 2.20. The quantitative estimate of drug-likeness (QED) is 0.835. The van der Waals surface area contributed by atoms with Crippen molar-refractivity contribution in [3.05, 3.63) is 29.3 Å². The number of hydrogen-bond acceptors (Lipinski definition) is 4. The molecule has 1 atom stereocenters. The fourth-order valence-electron chi connectivity index (χ4n) is 2.48. The third-order valence-electron chi connectivity index (χ3n) is 3.73. The number of amides is 1. The van der Waals surface area contributed by atoms with E-state index in [9.17, 15) is 14.7 Å². The Labute approximate surface area is 124 Å². The average molecular weight is 291 g/mol. The molecule has 5 nitrogen and oxygen atoms in total. The molecule has 0 aliphatic heterocycles. The number of aryl methyl sites for hydroxylation is 1. The van der Waals surface area contributed by atoms with Crippen molar-refractivity contribution in [2.45, 2.75) is 51.7 Å². The molecule has 2 N–H and O–H groups in total. The van der Waals surface area contributed by atoms with E-state index in [2.05, 4.69) is 5.32 Å². The van der Waals surface area contributed by atoms with Gasteiger partial charge in [-0.1, -0.05) is 18.9 Å². The van der Waals surface area contributed by atoms with Gasteiger partial charge in [0.05, 0.1) is 0 Å². The van der Waals surface area contributed by atoms with Gasteiger partial charge in [0.2, 0.25) is 0 Å². The molecular weight excluding hydrogens is 270 g/mol. The Morgan fingerprint density at radius 2 is 2.00 bits per heavy atom. The van der Waals surface area contributed by atoms with Crippen LogP contribution in [-0.4, -0.2) is 29.1 Å². The van der Waals surface area contributed by atoms with Gasteiger partial charge in [0, 0.05) is 6.04 Å². The summed E-state index contributed by atoms with van der Waals surface area (Å²) in [6.07, 6.45) is 3.32. The maximum atomic E-state index is 12.0. The zero-order chi connectivity index (χ0) is 15.4. The van der Waals surface area contributed by atoms with Gasteiger partial charge in [-0.15, -0.1) is 0 Å². The number of phenols is 1. The van der Waals surface area contributed by atoms with Gasteiger partial charge in [-0.05, 0) is 44.4 Å². The van der Waals surface area contributed by atoms with Gasteiger partial charge < -0.3 is 15.2 Å². The molecule has 1 aromatic carbocycles. The van der Waals surface area contributed by atoms with E-state index >= 15 is 0 Å². The van der Waals surface area contributed by atoms with E-state index in [0.29, 0.717) is 0 Å². The predicted molar refractivity (Wildman–Crippen MR) is 78.1 cm³/mol. The third kappa shape index (κ3) is 3.97. The van der Waals surface area contributed by atoms with Gasteiger partial charge in [-0.3, -0.25) is 4.79 Å². The summed E-state index contributed by atoms with van der Waals surface area (Å²) in [6, 6.07) is 4.88. The first kappa shape index (κ1) is 15.4. The van der Waals surface area contributed by atoms with Crippen molar-refractivity contribution in [3.8, 4) is 5.75 Å². The van der Waals surface area contributed by atoms with Crippen LogP contribution < -0.4 is 5.32 Å². The van der Waals surface area contributed by atoms with Crippen LogP contribution in [0.4, 0.5) is 0 Å². The van der Waals surface area contributed by atoms with E-state index in [-0.39, 0.29) is 23.3 Å². The van der Waals surface area contributed by atoms with Gasteiger partial charge in [0.1, 0.15) is 11.3 Å². The number of carbonyl (C=O) groups excluding carboxylic acids is 2. The first-order valence-corrected chi connectivity index (χ1v) is 7.28. The lowest BCUT2D eigenvalue weighted by Crippen LogP contribution is -2.40. The van der Waals surface area contributed by atoms with Gasteiger partial charge in [-0.25, -0.2) is 4.79 Å². The van der Waals surface area contributed by atoms with E-state index in [1.54, 1.807) is 6.07 Å². The molecule has 0 aromatic heterocycles. The second-order valence-electron chi connectivity index (χ2n) is 5.56. The summed E-state index contributed by atoms with van der Waals surface area (Å²) in [7, 11) is 0. The van der Waals surface area contributed by atoms with Crippen LogP contribution in [0.1, 0.15) is 48.5 Å². The summed E-state index contributed by atoms with van der Waals surface area (Å²) < 4.78 is 5.12. The highest BCUT2D eigenvalue weighted by molar-refractivity contribution is 5.94. The lowest BCUT2D eigenvalue weighted by Gasteiger charge is -2.17. The van der Waals surface area contributed by atoms with Crippen molar-refractivity contribution in [2.24, 2.45) is 0 Å². The Kier molecular flexibility index (Phi) is 4.83. The molecule has 0 saturated heterocycles. The molecule has 114 valence electrons. The SMILES string of the molecule is Cc1ccc(C(=O)O[C@H](C)C(=O)NC2CCCC2)c(O)c1. The normalized spacial score (nSPS) is 16.5. The highest BCUT2D eigenvalue weighted by Gasteiger charge is 2.24. The standard InChI is InChI=1S/C16H21NO4/c1-10-7-8-13(14(18)9-10)16(20)21-11(2)15(19)17-12-5-3-4-6-12/h7-9,11-12,18H,3-6H2,1-2H3,(H,17,19)/t11-/m1/s1. The van der Waals surface area contributed by atoms with Crippen LogP contribution in [0, 0.1) is 6.92 Å². The second kappa shape index (κ2) is 6.61. The molecule has 1 amide bonds. The Morgan fingerprint density at radius 3 is 2.62 bits per heavy atom. The number of esters is 1. The highest BCUT2D eigenvalue weighted by atomic mass is 16.5. The Balaban J connectivity index is 1.93. The van der Waals surface area contributed by atoms with Gasteiger partial charge in [-0.2, -0.15) is 0 Å². The molecule has 5 heteroatoms. The molecule has 0 spiro atoms. The molecule has 0 bridgehead atoms. The van der Waals surface area contributed by atoms with Crippen LogP contribution in [0.2, 0.25) is 0 Å². The maximum Gasteiger partial charge on any atom is 0.342 e. The van der Waals surface area contributed by atoms with Crippen LogP contribution in [0.25, 0.3) is 0 Å². The molecular formula is C16H21NO4. The van der Waals surface area contributed by atoms with Crippen molar-refractivity contribution in [1.29, 1.82) is 0 Å². The monoisotopic (exact) mass is 291 g/mol. The van der Waals surface area contributed by atoms with Gasteiger partial charge in [0.25, 0.3) is 5.91 Å². The van der Waals surface area contributed by atoms with Crippen molar-refractivity contribution in [3.63, 3.8) is 0 Å². The number of benzene rings is 1. The number of aromatic hydroxyl groups is 1. The van der Waals surface area contributed by atoms with E-state index in [1.807, 2.05) is 6.92 Å². The predicted octanol–water partition coefficient (Wildman–Crippen LogP) is 2.30. The average Bonchev–Trinajstić information content (AvgIpc) is 2.91. The lowest BCUT2D eigenvalue weighted by atomic mass is 10.1. The lowest BCUT2D eigenvalue weighted by molar-refractivity contribution is -0.129. The van der Waals surface area contributed by atoms with Crippen LogP contribution in [0.3, 0.4) is 0 Å². The maximum absolute atomic E-state index is 12.0. The van der Waals surface area contributed by atoms with Crippen LogP contribution in [-0.2, 0) is 9.53 Å². The minimum atomic E-state index is -0.876. The summed E-state index contributed by atoms with van der Waals surface area (Å²) in [5.74, 6) is -1.12. The van der Waals surface area contributed by atoms with E-state index in [1.165, 1.54) is 19.1 Å². The van der Waals surface area contributed by atoms with E-state index < -0.39 is 12.1 Å². The third-order valence-corrected chi connectivity index (χ3v) is 3.73. The number of phenolic OH excluding ortho intramolecular Hbond substituents is 1. The fraction of sp³-hybridized carbons (Fsp3) is 0.500. The van der Waals surface area contributed by atoms with Crippen LogP contribution in [0.5, 0.6) is 5.75 Å². The van der Waals surface area contributed by atoms with Gasteiger partial charge in [0.15, 0.2) is 6.10 Å². The topological polar surface area (TPSA) is 75.6 Å². The van der Waals surface area contributed by atoms with Gasteiger partial charge >= 0.3 is 5.97 Å². The van der Waals surface area contributed by atoms with Crippen LogP contribution >= 0.6 is 0 Å².